The van der Waals surface area contributed by atoms with Gasteiger partial charge in [-0.25, -0.2) is 0 Å². The number of nitrogens with zero attached hydrogens (tertiary/aromatic N) is 3. The van der Waals surface area contributed by atoms with E-state index in [4.69, 9.17) is 4.84 Å². The molecule has 0 fully saturated rings. The zero-order chi connectivity index (χ0) is 10.2. The zero-order valence-electron chi connectivity index (χ0n) is 8.16. The predicted octanol–water partition coefficient (Wildman–Crippen LogP) is 2.25. The largest absolute Gasteiger partial charge is 0.389 e. The normalized spacial score (nSPS) is 24.6. The number of aliphatic imine (C=N–C) groups is 1. The van der Waals surface area contributed by atoms with Gasteiger partial charge in [-0.15, -0.1) is 0 Å². The fourth-order valence-electron chi connectivity index (χ4n) is 1.25. The number of oxime groups is 1. The fourth-order valence-corrected chi connectivity index (χ4v) is 2.97. The molecule has 4 nitrogen and oxygen atoms in total. The Balaban J connectivity index is 1.94. The van der Waals surface area contributed by atoms with Gasteiger partial charge < -0.3 is 4.84 Å². The first-order valence-corrected chi connectivity index (χ1v) is 6.26. The summed E-state index contributed by atoms with van der Waals surface area (Å²) in [6.07, 6.45) is 0.876. The Kier molecular flexibility index (Phi) is 2.92. The highest BCUT2D eigenvalue weighted by molar-refractivity contribution is 14.1. The van der Waals surface area contributed by atoms with Crippen molar-refractivity contribution in [3.8, 4) is 0 Å². The number of hydrogen-bond acceptors (Lipinski definition) is 5. The summed E-state index contributed by atoms with van der Waals surface area (Å²) in [7, 11) is 0. The lowest BCUT2D eigenvalue weighted by atomic mass is 10.1. The third-order valence-electron chi connectivity index (χ3n) is 1.93. The van der Waals surface area contributed by atoms with Crippen LogP contribution in [-0.2, 0) is 4.84 Å². The molecule has 0 unspecified atom stereocenters. The topological polar surface area (TPSA) is 37.2 Å². The summed E-state index contributed by atoms with van der Waals surface area (Å²) < 4.78 is 2.12. The Bertz CT molecular complexity index is 303. The summed E-state index contributed by atoms with van der Waals surface area (Å²) in [6, 6.07) is 0. The van der Waals surface area contributed by atoms with Crippen LogP contribution >= 0.6 is 34.6 Å². The van der Waals surface area contributed by atoms with E-state index in [1.54, 1.807) is 11.8 Å². The average molecular weight is 325 g/mol. The molecule has 2 aliphatic heterocycles. The second kappa shape index (κ2) is 3.88. The summed E-state index contributed by atoms with van der Waals surface area (Å²) in [6.45, 7) is 5.98. The van der Waals surface area contributed by atoms with E-state index in [0.29, 0.717) is 0 Å². The van der Waals surface area contributed by atoms with Crippen LogP contribution in [0.2, 0.25) is 0 Å². The van der Waals surface area contributed by atoms with Crippen molar-refractivity contribution < 1.29 is 4.84 Å². The van der Waals surface area contributed by atoms with Crippen molar-refractivity contribution in [3.05, 3.63) is 0 Å². The van der Waals surface area contributed by atoms with Crippen molar-refractivity contribution >= 4 is 44.8 Å². The van der Waals surface area contributed by atoms with Gasteiger partial charge in [-0.2, -0.15) is 0 Å². The molecule has 2 heterocycles. The van der Waals surface area contributed by atoms with Gasteiger partial charge in [0.2, 0.25) is 0 Å². The van der Waals surface area contributed by atoms with E-state index in [1.165, 1.54) is 0 Å². The maximum Gasteiger partial charge on any atom is 0.174 e. The second-order valence-corrected chi connectivity index (χ2v) is 6.07. The Morgan fingerprint density at radius 3 is 2.86 bits per heavy atom. The van der Waals surface area contributed by atoms with Crippen molar-refractivity contribution in [3.63, 3.8) is 0 Å². The van der Waals surface area contributed by atoms with Crippen LogP contribution in [0.25, 0.3) is 0 Å². The molecular formula is C8H12IN3OS. The van der Waals surface area contributed by atoms with E-state index in [-0.39, 0.29) is 5.60 Å². The number of amidine groups is 1. The summed E-state index contributed by atoms with van der Waals surface area (Å²) >= 11 is 3.89. The molecule has 2 aliphatic rings. The molecule has 0 atom stereocenters. The average Bonchev–Trinajstić information content (AvgIpc) is 2.61. The zero-order valence-corrected chi connectivity index (χ0v) is 11.1. The third-order valence-corrected chi connectivity index (χ3v) is 4.18. The van der Waals surface area contributed by atoms with Gasteiger partial charge in [0.1, 0.15) is 10.6 Å². The predicted molar refractivity (Wildman–Crippen MR) is 67.8 cm³/mol. The van der Waals surface area contributed by atoms with Crippen LogP contribution < -0.4 is 0 Å². The maximum atomic E-state index is 5.29. The molecule has 0 saturated carbocycles. The third kappa shape index (κ3) is 2.33. The molecule has 78 valence electrons. The van der Waals surface area contributed by atoms with E-state index >= 15 is 0 Å². The molecule has 0 bridgehead atoms. The van der Waals surface area contributed by atoms with Crippen LogP contribution in [-0.4, -0.2) is 32.0 Å². The number of hydrogen-bond donors (Lipinski definition) is 0. The van der Waals surface area contributed by atoms with Crippen molar-refractivity contribution in [1.82, 2.24) is 3.11 Å². The molecule has 2 rings (SSSR count). The van der Waals surface area contributed by atoms with Crippen LogP contribution in [0.1, 0.15) is 20.3 Å². The molecule has 0 amide bonds. The highest BCUT2D eigenvalue weighted by atomic mass is 127. The van der Waals surface area contributed by atoms with Crippen molar-refractivity contribution in [2.75, 3.05) is 13.1 Å². The monoisotopic (exact) mass is 325 g/mol. The van der Waals surface area contributed by atoms with E-state index in [0.717, 1.165) is 29.7 Å². The van der Waals surface area contributed by atoms with Crippen LogP contribution in [0.5, 0.6) is 0 Å². The molecular weight excluding hydrogens is 313 g/mol. The molecule has 0 N–H and O–H groups in total. The van der Waals surface area contributed by atoms with Gasteiger partial charge in [-0.3, -0.25) is 8.11 Å². The van der Waals surface area contributed by atoms with Gasteiger partial charge in [0.15, 0.2) is 5.17 Å². The van der Waals surface area contributed by atoms with E-state index < -0.39 is 0 Å². The summed E-state index contributed by atoms with van der Waals surface area (Å²) in [5.41, 5.74) is -0.141. The Hall–Kier alpha value is 0.0200. The lowest BCUT2D eigenvalue weighted by Gasteiger charge is -2.13. The lowest BCUT2D eigenvalue weighted by molar-refractivity contribution is 0.0123. The maximum absolute atomic E-state index is 5.29. The molecule has 0 aliphatic carbocycles. The van der Waals surface area contributed by atoms with E-state index in [2.05, 4.69) is 36.1 Å². The first kappa shape index (κ1) is 10.5. The smallest absolute Gasteiger partial charge is 0.174 e. The van der Waals surface area contributed by atoms with Crippen LogP contribution in [0, 0.1) is 0 Å². The molecule has 0 aromatic heterocycles. The molecule has 0 aromatic rings. The number of halogens is 1. The second-order valence-electron chi connectivity index (χ2n) is 3.86. The minimum atomic E-state index is -0.141. The molecule has 14 heavy (non-hydrogen) atoms. The molecule has 0 aromatic carbocycles. The standard InChI is InChI=1S/C8H12IN3OS/c1-8(2)5-6(11-13-8)14-7-10-3-4-12(7)9/h3-5H2,1-2H3. The van der Waals surface area contributed by atoms with Crippen LogP contribution in [0.15, 0.2) is 10.1 Å². The number of thioether (sulfide) groups is 1. The highest BCUT2D eigenvalue weighted by Crippen LogP contribution is 2.30. The Morgan fingerprint density at radius 2 is 2.36 bits per heavy atom. The van der Waals surface area contributed by atoms with Crippen molar-refractivity contribution in [2.24, 2.45) is 10.1 Å². The quantitative estimate of drug-likeness (QED) is 0.506. The van der Waals surface area contributed by atoms with Gasteiger partial charge >= 0.3 is 0 Å². The Morgan fingerprint density at radius 1 is 1.57 bits per heavy atom. The van der Waals surface area contributed by atoms with E-state index in [1.807, 2.05) is 13.8 Å². The first-order valence-electron chi connectivity index (χ1n) is 4.47. The summed E-state index contributed by atoms with van der Waals surface area (Å²) in [5.74, 6) is 0. The fraction of sp³-hybridized carbons (Fsp3) is 0.750. The highest BCUT2D eigenvalue weighted by Gasteiger charge is 2.31. The van der Waals surface area contributed by atoms with Crippen LogP contribution in [0.4, 0.5) is 0 Å². The molecule has 0 radical (unpaired) electrons. The van der Waals surface area contributed by atoms with Gasteiger partial charge in [0.25, 0.3) is 0 Å². The van der Waals surface area contributed by atoms with Gasteiger partial charge in [-0.1, -0.05) is 5.16 Å². The summed E-state index contributed by atoms with van der Waals surface area (Å²) in [4.78, 5) is 9.68. The molecule has 0 spiro atoms. The number of rotatable bonds is 0. The van der Waals surface area contributed by atoms with Gasteiger partial charge in [0.05, 0.1) is 29.4 Å². The van der Waals surface area contributed by atoms with Crippen LogP contribution in [0.3, 0.4) is 0 Å². The Labute approximate surface area is 102 Å². The van der Waals surface area contributed by atoms with Crippen molar-refractivity contribution in [1.29, 1.82) is 0 Å². The van der Waals surface area contributed by atoms with E-state index in [9.17, 15) is 0 Å². The molecule has 6 heteroatoms. The van der Waals surface area contributed by atoms with Crippen molar-refractivity contribution in [2.45, 2.75) is 25.9 Å². The summed E-state index contributed by atoms with van der Waals surface area (Å²) in [5, 5.41) is 6.13. The first-order chi connectivity index (χ1) is 6.57. The van der Waals surface area contributed by atoms with Gasteiger partial charge in [0, 0.05) is 13.0 Å². The SMILES string of the molecule is CC1(C)CC(SC2=NCCN2I)=NO1. The minimum Gasteiger partial charge on any atom is -0.389 e. The van der Waals surface area contributed by atoms with Gasteiger partial charge in [-0.05, 0) is 25.6 Å². The minimum absolute atomic E-state index is 0.141. The molecule has 0 saturated heterocycles. The lowest BCUT2D eigenvalue weighted by Crippen LogP contribution is -2.19.